The Bertz CT molecular complexity index is 566. The first-order chi connectivity index (χ1) is 9.65. The van der Waals surface area contributed by atoms with Crippen molar-refractivity contribution in [2.75, 3.05) is 6.54 Å². The highest BCUT2D eigenvalue weighted by Crippen LogP contribution is 2.05. The Kier molecular flexibility index (Phi) is 4.91. The Labute approximate surface area is 119 Å². The molecule has 0 aliphatic rings. The van der Waals surface area contributed by atoms with E-state index in [1.807, 2.05) is 55.5 Å². The van der Waals surface area contributed by atoms with Crippen LogP contribution in [-0.2, 0) is 6.42 Å². The zero-order valence-electron chi connectivity index (χ0n) is 11.5. The van der Waals surface area contributed by atoms with Gasteiger partial charge in [-0.05, 0) is 24.6 Å². The highest BCUT2D eigenvalue weighted by Gasteiger charge is 2.09. The molecule has 0 fully saturated rings. The van der Waals surface area contributed by atoms with Gasteiger partial charge in [0, 0.05) is 18.5 Å². The molecule has 20 heavy (non-hydrogen) atoms. The number of aliphatic hydroxyl groups is 1. The zero-order valence-corrected chi connectivity index (χ0v) is 11.5. The first kappa shape index (κ1) is 14.3. The average Bonchev–Trinajstić information content (AvgIpc) is 2.46. The SMILES string of the molecule is Cc1cccc(C(=O)NCC(O)Cc2ccccc2)c1. The highest BCUT2D eigenvalue weighted by molar-refractivity contribution is 5.94. The summed E-state index contributed by atoms with van der Waals surface area (Å²) in [5.41, 5.74) is 2.73. The van der Waals surface area contributed by atoms with E-state index in [0.29, 0.717) is 12.0 Å². The number of amides is 1. The largest absolute Gasteiger partial charge is 0.391 e. The summed E-state index contributed by atoms with van der Waals surface area (Å²) in [6, 6.07) is 17.1. The molecule has 0 aliphatic heterocycles. The van der Waals surface area contributed by atoms with Crippen molar-refractivity contribution in [2.45, 2.75) is 19.4 Å². The lowest BCUT2D eigenvalue weighted by molar-refractivity contribution is 0.0916. The van der Waals surface area contributed by atoms with E-state index >= 15 is 0 Å². The Hall–Kier alpha value is -2.13. The van der Waals surface area contributed by atoms with Crippen LogP contribution in [0.15, 0.2) is 54.6 Å². The molecule has 0 aromatic heterocycles. The molecule has 1 atom stereocenters. The molecule has 3 heteroatoms. The van der Waals surface area contributed by atoms with Crippen molar-refractivity contribution < 1.29 is 9.90 Å². The van der Waals surface area contributed by atoms with Gasteiger partial charge in [-0.25, -0.2) is 0 Å². The van der Waals surface area contributed by atoms with Crippen LogP contribution in [0.3, 0.4) is 0 Å². The fourth-order valence-electron chi connectivity index (χ4n) is 2.06. The molecule has 1 unspecified atom stereocenters. The Morgan fingerprint density at radius 3 is 2.60 bits per heavy atom. The van der Waals surface area contributed by atoms with Crippen molar-refractivity contribution >= 4 is 5.91 Å². The predicted octanol–water partition coefficient (Wildman–Crippen LogP) is 2.33. The minimum atomic E-state index is -0.578. The van der Waals surface area contributed by atoms with Gasteiger partial charge in [0.05, 0.1) is 6.10 Å². The molecule has 2 N–H and O–H groups in total. The van der Waals surface area contributed by atoms with Crippen molar-refractivity contribution in [1.29, 1.82) is 0 Å². The molecule has 0 saturated carbocycles. The first-order valence-electron chi connectivity index (χ1n) is 6.72. The molecule has 2 aromatic rings. The van der Waals surface area contributed by atoms with Gasteiger partial charge in [0.1, 0.15) is 0 Å². The maximum atomic E-state index is 11.9. The standard InChI is InChI=1S/C17H19NO2/c1-13-6-5-9-15(10-13)17(20)18-12-16(19)11-14-7-3-2-4-8-14/h2-10,16,19H,11-12H2,1H3,(H,18,20). The molecule has 0 spiro atoms. The van der Waals surface area contributed by atoms with Crippen LogP contribution in [0.25, 0.3) is 0 Å². The maximum Gasteiger partial charge on any atom is 0.251 e. The summed E-state index contributed by atoms with van der Waals surface area (Å²) in [4.78, 5) is 11.9. The summed E-state index contributed by atoms with van der Waals surface area (Å²) < 4.78 is 0. The Balaban J connectivity index is 1.84. The molecule has 0 bridgehead atoms. The van der Waals surface area contributed by atoms with Gasteiger partial charge in [0.2, 0.25) is 0 Å². The van der Waals surface area contributed by atoms with Crippen LogP contribution in [0, 0.1) is 6.92 Å². The third-order valence-corrected chi connectivity index (χ3v) is 3.09. The van der Waals surface area contributed by atoms with E-state index in [1.54, 1.807) is 6.07 Å². The summed E-state index contributed by atoms with van der Waals surface area (Å²) >= 11 is 0. The van der Waals surface area contributed by atoms with Crippen LogP contribution in [0.5, 0.6) is 0 Å². The summed E-state index contributed by atoms with van der Waals surface area (Å²) in [6.07, 6.45) is -0.0410. The van der Waals surface area contributed by atoms with Crippen molar-refractivity contribution in [3.63, 3.8) is 0 Å². The number of nitrogens with one attached hydrogen (secondary N) is 1. The lowest BCUT2D eigenvalue weighted by atomic mass is 10.1. The van der Waals surface area contributed by atoms with E-state index < -0.39 is 6.10 Å². The molecule has 3 nitrogen and oxygen atoms in total. The number of benzene rings is 2. The number of hydrogen-bond donors (Lipinski definition) is 2. The van der Waals surface area contributed by atoms with Crippen molar-refractivity contribution in [2.24, 2.45) is 0 Å². The van der Waals surface area contributed by atoms with Gasteiger partial charge >= 0.3 is 0 Å². The van der Waals surface area contributed by atoms with Gasteiger partial charge in [0.15, 0.2) is 0 Å². The van der Waals surface area contributed by atoms with E-state index in [0.717, 1.165) is 11.1 Å². The summed E-state index contributed by atoms with van der Waals surface area (Å²) in [6.45, 7) is 2.20. The quantitative estimate of drug-likeness (QED) is 0.875. The van der Waals surface area contributed by atoms with Gasteiger partial charge in [-0.3, -0.25) is 4.79 Å². The van der Waals surface area contributed by atoms with Crippen molar-refractivity contribution in [3.05, 3.63) is 71.3 Å². The molecule has 0 radical (unpaired) electrons. The molecule has 0 saturated heterocycles. The maximum absolute atomic E-state index is 11.9. The minimum absolute atomic E-state index is 0.152. The second-order valence-electron chi connectivity index (χ2n) is 4.92. The van der Waals surface area contributed by atoms with E-state index in [-0.39, 0.29) is 12.5 Å². The molecule has 104 valence electrons. The van der Waals surface area contributed by atoms with Crippen LogP contribution >= 0.6 is 0 Å². The van der Waals surface area contributed by atoms with E-state index in [1.165, 1.54) is 0 Å². The van der Waals surface area contributed by atoms with Crippen LogP contribution in [0.2, 0.25) is 0 Å². The average molecular weight is 269 g/mol. The van der Waals surface area contributed by atoms with Crippen molar-refractivity contribution in [1.82, 2.24) is 5.32 Å². The first-order valence-corrected chi connectivity index (χ1v) is 6.72. The smallest absolute Gasteiger partial charge is 0.251 e. The number of hydrogen-bond acceptors (Lipinski definition) is 2. The summed E-state index contributed by atoms with van der Waals surface area (Å²) in [7, 11) is 0. The normalized spacial score (nSPS) is 11.9. The molecule has 1 amide bonds. The predicted molar refractivity (Wildman–Crippen MR) is 79.7 cm³/mol. The Morgan fingerprint density at radius 1 is 1.15 bits per heavy atom. The second-order valence-corrected chi connectivity index (χ2v) is 4.92. The highest BCUT2D eigenvalue weighted by atomic mass is 16.3. The number of carbonyl (C=O) groups excluding carboxylic acids is 1. The minimum Gasteiger partial charge on any atom is -0.391 e. The number of carbonyl (C=O) groups is 1. The molecule has 0 aliphatic carbocycles. The third-order valence-electron chi connectivity index (χ3n) is 3.09. The van der Waals surface area contributed by atoms with Crippen LogP contribution in [-0.4, -0.2) is 23.7 Å². The third kappa shape index (κ3) is 4.21. The van der Waals surface area contributed by atoms with Gasteiger partial charge in [0.25, 0.3) is 5.91 Å². The monoisotopic (exact) mass is 269 g/mol. The number of aliphatic hydroxyl groups excluding tert-OH is 1. The number of aryl methyl sites for hydroxylation is 1. The summed E-state index contributed by atoms with van der Waals surface area (Å²) in [5, 5.41) is 12.7. The van der Waals surface area contributed by atoms with E-state index in [2.05, 4.69) is 5.32 Å². The van der Waals surface area contributed by atoms with Crippen LogP contribution in [0.4, 0.5) is 0 Å². The molecule has 2 rings (SSSR count). The van der Waals surface area contributed by atoms with Gasteiger partial charge in [-0.2, -0.15) is 0 Å². The molecule has 0 heterocycles. The lowest BCUT2D eigenvalue weighted by Crippen LogP contribution is -2.33. The fourth-order valence-corrected chi connectivity index (χ4v) is 2.06. The van der Waals surface area contributed by atoms with Crippen LogP contribution < -0.4 is 5.32 Å². The van der Waals surface area contributed by atoms with Crippen LogP contribution in [0.1, 0.15) is 21.5 Å². The Morgan fingerprint density at radius 2 is 1.90 bits per heavy atom. The topological polar surface area (TPSA) is 49.3 Å². The zero-order chi connectivity index (χ0) is 14.4. The van der Waals surface area contributed by atoms with Gasteiger partial charge in [-0.1, -0.05) is 48.0 Å². The van der Waals surface area contributed by atoms with Crippen molar-refractivity contribution in [3.8, 4) is 0 Å². The molecular formula is C17H19NO2. The lowest BCUT2D eigenvalue weighted by Gasteiger charge is -2.12. The van der Waals surface area contributed by atoms with Gasteiger partial charge in [-0.15, -0.1) is 0 Å². The summed E-state index contributed by atoms with van der Waals surface area (Å²) in [5.74, 6) is -0.152. The molecule has 2 aromatic carbocycles. The van der Waals surface area contributed by atoms with Gasteiger partial charge < -0.3 is 10.4 Å². The fraction of sp³-hybridized carbons (Fsp3) is 0.235. The van der Waals surface area contributed by atoms with E-state index in [9.17, 15) is 9.90 Å². The second kappa shape index (κ2) is 6.87. The van der Waals surface area contributed by atoms with E-state index in [4.69, 9.17) is 0 Å². The molecular weight excluding hydrogens is 250 g/mol. The number of rotatable bonds is 5.